The fourth-order valence-corrected chi connectivity index (χ4v) is 3.04. The summed E-state index contributed by atoms with van der Waals surface area (Å²) >= 11 is 3.40. The Hall–Kier alpha value is -1.81. The second-order valence-corrected chi connectivity index (χ2v) is 6.50. The Balaban J connectivity index is 1.55. The lowest BCUT2D eigenvalue weighted by Crippen LogP contribution is -2.42. The predicted octanol–water partition coefficient (Wildman–Crippen LogP) is 4.17. The van der Waals surface area contributed by atoms with Crippen LogP contribution < -0.4 is 5.32 Å². The van der Waals surface area contributed by atoms with E-state index in [4.69, 9.17) is 0 Å². The first-order chi connectivity index (χ1) is 10.7. The van der Waals surface area contributed by atoms with Crippen LogP contribution in [0.15, 0.2) is 59.1 Å². The first-order valence-corrected chi connectivity index (χ1v) is 8.38. The Kier molecular flexibility index (Phi) is 4.78. The predicted molar refractivity (Wildman–Crippen MR) is 93.1 cm³/mol. The third-order valence-corrected chi connectivity index (χ3v) is 4.55. The van der Waals surface area contributed by atoms with Crippen molar-refractivity contribution < 1.29 is 4.79 Å². The number of halogens is 1. The quantitative estimate of drug-likeness (QED) is 0.892. The van der Waals surface area contributed by atoms with Gasteiger partial charge in [0.05, 0.1) is 0 Å². The third-order valence-electron chi connectivity index (χ3n) is 4.02. The maximum Gasteiger partial charge on any atom is 0.253 e. The first-order valence-electron chi connectivity index (χ1n) is 7.59. The molecule has 1 fully saturated rings. The van der Waals surface area contributed by atoms with Crippen LogP contribution in [0, 0.1) is 0 Å². The van der Waals surface area contributed by atoms with Crippen LogP contribution in [0.5, 0.6) is 0 Å². The van der Waals surface area contributed by atoms with Crippen molar-refractivity contribution in [1.29, 1.82) is 0 Å². The fourth-order valence-electron chi connectivity index (χ4n) is 2.77. The molecule has 4 heteroatoms. The molecule has 22 heavy (non-hydrogen) atoms. The van der Waals surface area contributed by atoms with Crippen molar-refractivity contribution in [3.05, 3.63) is 64.6 Å². The van der Waals surface area contributed by atoms with Gasteiger partial charge in [-0.15, -0.1) is 0 Å². The van der Waals surface area contributed by atoms with Gasteiger partial charge in [-0.25, -0.2) is 0 Å². The lowest BCUT2D eigenvalue weighted by Gasteiger charge is -2.33. The molecule has 0 bridgehead atoms. The Bertz CT molecular complexity index is 619. The summed E-state index contributed by atoms with van der Waals surface area (Å²) in [5.41, 5.74) is 1.91. The van der Waals surface area contributed by atoms with E-state index in [1.165, 1.54) is 0 Å². The van der Waals surface area contributed by atoms with Crippen LogP contribution in [-0.2, 0) is 0 Å². The van der Waals surface area contributed by atoms with E-state index in [1.54, 1.807) is 0 Å². The molecule has 1 saturated heterocycles. The molecule has 0 unspecified atom stereocenters. The molecule has 1 heterocycles. The van der Waals surface area contributed by atoms with E-state index in [0.29, 0.717) is 6.04 Å². The molecule has 0 radical (unpaired) electrons. The largest absolute Gasteiger partial charge is 0.382 e. The molecule has 0 atom stereocenters. The van der Waals surface area contributed by atoms with Gasteiger partial charge in [-0.05, 0) is 49.2 Å². The molecule has 1 N–H and O–H groups in total. The minimum atomic E-state index is 0.130. The van der Waals surface area contributed by atoms with Crippen molar-refractivity contribution in [1.82, 2.24) is 4.90 Å². The number of piperidine rings is 1. The summed E-state index contributed by atoms with van der Waals surface area (Å²) in [6.45, 7) is 1.61. The van der Waals surface area contributed by atoms with Crippen LogP contribution in [-0.4, -0.2) is 29.9 Å². The number of hydrogen-bond acceptors (Lipinski definition) is 2. The summed E-state index contributed by atoms with van der Waals surface area (Å²) < 4.78 is 0.995. The summed E-state index contributed by atoms with van der Waals surface area (Å²) in [5, 5.41) is 3.54. The Morgan fingerprint density at radius 2 is 1.64 bits per heavy atom. The second-order valence-electron chi connectivity index (χ2n) is 5.58. The lowest BCUT2D eigenvalue weighted by atomic mass is 10.0. The maximum atomic E-state index is 12.5. The van der Waals surface area contributed by atoms with Gasteiger partial charge in [-0.2, -0.15) is 0 Å². The SMILES string of the molecule is O=C(c1ccc(Br)cc1)N1CCC(Nc2ccccc2)CC1. The molecule has 114 valence electrons. The van der Waals surface area contributed by atoms with Gasteiger partial charge in [0.2, 0.25) is 0 Å². The number of likely N-dealkylation sites (tertiary alicyclic amines) is 1. The first kappa shape index (κ1) is 15.1. The molecule has 0 saturated carbocycles. The molecule has 0 aliphatic carbocycles. The van der Waals surface area contributed by atoms with E-state index >= 15 is 0 Å². The molecule has 1 aliphatic heterocycles. The van der Waals surface area contributed by atoms with Crippen molar-refractivity contribution in [2.45, 2.75) is 18.9 Å². The van der Waals surface area contributed by atoms with Gasteiger partial charge in [-0.1, -0.05) is 34.1 Å². The molecular weight excluding hydrogens is 340 g/mol. The number of carbonyl (C=O) groups excluding carboxylic acids is 1. The number of carbonyl (C=O) groups is 1. The zero-order valence-electron chi connectivity index (χ0n) is 12.3. The van der Waals surface area contributed by atoms with Crippen LogP contribution in [0.4, 0.5) is 5.69 Å². The molecule has 1 aliphatic rings. The maximum absolute atomic E-state index is 12.5. The van der Waals surface area contributed by atoms with Crippen molar-refractivity contribution in [2.75, 3.05) is 18.4 Å². The van der Waals surface area contributed by atoms with Gasteiger partial charge in [0, 0.05) is 34.9 Å². The molecule has 0 spiro atoms. The van der Waals surface area contributed by atoms with E-state index in [-0.39, 0.29) is 5.91 Å². The van der Waals surface area contributed by atoms with E-state index in [2.05, 4.69) is 33.4 Å². The number of hydrogen-bond donors (Lipinski definition) is 1. The number of benzene rings is 2. The summed E-state index contributed by atoms with van der Waals surface area (Å²) in [7, 11) is 0. The molecule has 1 amide bonds. The summed E-state index contributed by atoms with van der Waals surface area (Å²) in [5.74, 6) is 0.130. The van der Waals surface area contributed by atoms with Gasteiger partial charge >= 0.3 is 0 Å². The normalized spacial score (nSPS) is 15.6. The van der Waals surface area contributed by atoms with Gasteiger partial charge < -0.3 is 10.2 Å². The van der Waals surface area contributed by atoms with Crippen molar-refractivity contribution in [2.24, 2.45) is 0 Å². The van der Waals surface area contributed by atoms with Crippen LogP contribution in [0.3, 0.4) is 0 Å². The topological polar surface area (TPSA) is 32.3 Å². The molecule has 3 nitrogen and oxygen atoms in total. The minimum absolute atomic E-state index is 0.130. The lowest BCUT2D eigenvalue weighted by molar-refractivity contribution is 0.0718. The second kappa shape index (κ2) is 6.97. The van der Waals surface area contributed by atoms with Crippen LogP contribution in [0.1, 0.15) is 23.2 Å². The highest BCUT2D eigenvalue weighted by Crippen LogP contribution is 2.19. The Morgan fingerprint density at radius 3 is 2.27 bits per heavy atom. The summed E-state index contributed by atoms with van der Waals surface area (Å²) in [6, 6.07) is 18.3. The Labute approximate surface area is 139 Å². The number of rotatable bonds is 3. The van der Waals surface area contributed by atoms with Crippen molar-refractivity contribution in [3.63, 3.8) is 0 Å². The van der Waals surface area contributed by atoms with Gasteiger partial charge in [-0.3, -0.25) is 4.79 Å². The van der Waals surface area contributed by atoms with Crippen LogP contribution in [0.2, 0.25) is 0 Å². The number of para-hydroxylation sites is 1. The van der Waals surface area contributed by atoms with Crippen LogP contribution >= 0.6 is 15.9 Å². The molecule has 2 aromatic rings. The van der Waals surface area contributed by atoms with E-state index in [9.17, 15) is 4.79 Å². The highest BCUT2D eigenvalue weighted by atomic mass is 79.9. The van der Waals surface area contributed by atoms with Crippen molar-refractivity contribution in [3.8, 4) is 0 Å². The smallest absolute Gasteiger partial charge is 0.253 e. The van der Waals surface area contributed by atoms with Gasteiger partial charge in [0.25, 0.3) is 5.91 Å². The molecule has 0 aromatic heterocycles. The van der Waals surface area contributed by atoms with Crippen molar-refractivity contribution >= 4 is 27.5 Å². The molecular formula is C18H19BrN2O. The average Bonchev–Trinajstić information content (AvgIpc) is 2.57. The number of nitrogens with one attached hydrogen (secondary N) is 1. The molecule has 2 aromatic carbocycles. The number of nitrogens with zero attached hydrogens (tertiary/aromatic N) is 1. The fraction of sp³-hybridized carbons (Fsp3) is 0.278. The number of anilines is 1. The highest BCUT2D eigenvalue weighted by Gasteiger charge is 2.23. The van der Waals surface area contributed by atoms with E-state index < -0.39 is 0 Å². The molecule has 3 rings (SSSR count). The summed E-state index contributed by atoms with van der Waals surface area (Å²) in [4.78, 5) is 14.4. The minimum Gasteiger partial charge on any atom is -0.382 e. The Morgan fingerprint density at radius 1 is 1.00 bits per heavy atom. The average molecular weight is 359 g/mol. The monoisotopic (exact) mass is 358 g/mol. The van der Waals surface area contributed by atoms with Gasteiger partial charge in [0.15, 0.2) is 0 Å². The highest BCUT2D eigenvalue weighted by molar-refractivity contribution is 9.10. The van der Waals surface area contributed by atoms with Crippen LogP contribution in [0.25, 0.3) is 0 Å². The number of amides is 1. The van der Waals surface area contributed by atoms with E-state index in [1.807, 2.05) is 47.4 Å². The summed E-state index contributed by atoms with van der Waals surface area (Å²) in [6.07, 6.45) is 1.97. The van der Waals surface area contributed by atoms with E-state index in [0.717, 1.165) is 41.7 Å². The third kappa shape index (κ3) is 3.69. The van der Waals surface area contributed by atoms with Gasteiger partial charge in [0.1, 0.15) is 0 Å². The zero-order valence-corrected chi connectivity index (χ0v) is 13.9. The standard InChI is InChI=1S/C18H19BrN2O/c19-15-8-6-14(7-9-15)18(22)21-12-10-17(11-13-21)20-16-4-2-1-3-5-16/h1-9,17,20H,10-13H2. The zero-order chi connectivity index (χ0) is 15.4.